The van der Waals surface area contributed by atoms with Crippen LogP contribution in [0.25, 0.3) is 10.1 Å². The number of hydrogen-bond acceptors (Lipinski definition) is 5. The molecule has 0 aliphatic carbocycles. The third-order valence-electron chi connectivity index (χ3n) is 2.31. The molecule has 3 rings (SSSR count). The quantitative estimate of drug-likeness (QED) is 0.702. The smallest absolute Gasteiger partial charge is 0.143 e. The van der Waals surface area contributed by atoms with Gasteiger partial charge in [-0.1, -0.05) is 12.1 Å². The van der Waals surface area contributed by atoms with Crippen molar-refractivity contribution in [2.45, 2.75) is 0 Å². The van der Waals surface area contributed by atoms with Gasteiger partial charge in [0.2, 0.25) is 0 Å². The van der Waals surface area contributed by atoms with Crippen LogP contribution in [0.15, 0.2) is 42.0 Å². The van der Waals surface area contributed by atoms with Crippen LogP contribution in [0, 0.1) is 0 Å². The van der Waals surface area contributed by atoms with Crippen molar-refractivity contribution in [3.63, 3.8) is 0 Å². The summed E-state index contributed by atoms with van der Waals surface area (Å²) in [4.78, 5) is 0.722. The predicted octanol–water partition coefficient (Wildman–Crippen LogP) is 2.08. The van der Waals surface area contributed by atoms with E-state index in [1.54, 1.807) is 6.21 Å². The molecular formula is C11H8N4OS. The molecule has 2 heterocycles. The number of rotatable bonds is 2. The van der Waals surface area contributed by atoms with Crippen LogP contribution in [-0.4, -0.2) is 26.2 Å². The first-order valence-corrected chi connectivity index (χ1v) is 5.76. The number of fused-ring (bicyclic) bond motifs is 1. The summed E-state index contributed by atoms with van der Waals surface area (Å²) in [7, 11) is 0. The van der Waals surface area contributed by atoms with E-state index < -0.39 is 0 Å². The standard InChI is InChI=1S/C11H8N4OS/c16-11-8-3-1-2-4-9(8)17-10(11)5-14-15-6-12-13-7-15/h1-7,16H. The van der Waals surface area contributed by atoms with Gasteiger partial charge < -0.3 is 5.11 Å². The van der Waals surface area contributed by atoms with E-state index in [0.717, 1.165) is 15.0 Å². The topological polar surface area (TPSA) is 63.3 Å². The van der Waals surface area contributed by atoms with Crippen LogP contribution in [0.1, 0.15) is 4.88 Å². The van der Waals surface area contributed by atoms with Crippen LogP contribution in [0.4, 0.5) is 0 Å². The first kappa shape index (κ1) is 9.98. The van der Waals surface area contributed by atoms with Crippen molar-refractivity contribution in [3.8, 4) is 5.75 Å². The highest BCUT2D eigenvalue weighted by atomic mass is 32.1. The minimum absolute atomic E-state index is 0.266. The molecule has 0 spiro atoms. The van der Waals surface area contributed by atoms with Crippen molar-refractivity contribution in [2.24, 2.45) is 5.10 Å². The van der Waals surface area contributed by atoms with Gasteiger partial charge in [0.1, 0.15) is 18.4 Å². The Morgan fingerprint density at radius 3 is 2.76 bits per heavy atom. The second-order valence-corrected chi connectivity index (χ2v) is 4.48. The molecule has 0 bridgehead atoms. The predicted molar refractivity (Wildman–Crippen MR) is 66.5 cm³/mol. The van der Waals surface area contributed by atoms with Gasteiger partial charge in [0.15, 0.2) is 0 Å². The second-order valence-electron chi connectivity index (χ2n) is 3.40. The number of nitrogens with zero attached hydrogens (tertiary/aromatic N) is 4. The number of thiophene rings is 1. The number of benzene rings is 1. The molecule has 0 saturated heterocycles. The summed E-state index contributed by atoms with van der Waals surface area (Å²) in [5.41, 5.74) is 0. The fourth-order valence-electron chi connectivity index (χ4n) is 1.51. The summed E-state index contributed by atoms with van der Waals surface area (Å²) in [6.45, 7) is 0. The second kappa shape index (κ2) is 3.99. The molecule has 0 aliphatic heterocycles. The van der Waals surface area contributed by atoms with Crippen LogP contribution in [0.5, 0.6) is 5.75 Å². The zero-order valence-electron chi connectivity index (χ0n) is 8.69. The maximum atomic E-state index is 10.00. The highest BCUT2D eigenvalue weighted by molar-refractivity contribution is 7.21. The highest BCUT2D eigenvalue weighted by Crippen LogP contribution is 2.35. The van der Waals surface area contributed by atoms with E-state index in [1.165, 1.54) is 28.7 Å². The third kappa shape index (κ3) is 1.78. The number of aromatic hydroxyl groups is 1. The molecular weight excluding hydrogens is 236 g/mol. The molecule has 0 amide bonds. The Morgan fingerprint density at radius 1 is 1.24 bits per heavy atom. The molecule has 17 heavy (non-hydrogen) atoms. The third-order valence-corrected chi connectivity index (χ3v) is 3.40. The van der Waals surface area contributed by atoms with Crippen molar-refractivity contribution in [3.05, 3.63) is 41.8 Å². The Labute approximate surface area is 101 Å². The highest BCUT2D eigenvalue weighted by Gasteiger charge is 2.08. The van der Waals surface area contributed by atoms with Crippen LogP contribution >= 0.6 is 11.3 Å². The van der Waals surface area contributed by atoms with Gasteiger partial charge in [0.25, 0.3) is 0 Å². The summed E-state index contributed by atoms with van der Waals surface area (Å²) in [6.07, 6.45) is 4.57. The molecule has 84 valence electrons. The summed E-state index contributed by atoms with van der Waals surface area (Å²) in [5, 5.41) is 22.2. The van der Waals surface area contributed by atoms with Gasteiger partial charge in [0, 0.05) is 10.1 Å². The molecule has 0 aliphatic rings. The molecule has 0 unspecified atom stereocenters. The molecule has 3 aromatic rings. The first-order valence-electron chi connectivity index (χ1n) is 4.94. The fourth-order valence-corrected chi connectivity index (χ4v) is 2.48. The van der Waals surface area contributed by atoms with E-state index in [2.05, 4.69) is 15.3 Å². The summed E-state index contributed by atoms with van der Waals surface area (Å²) < 4.78 is 2.51. The van der Waals surface area contributed by atoms with E-state index in [9.17, 15) is 5.11 Å². The summed E-state index contributed by atoms with van der Waals surface area (Å²) in [5.74, 6) is 0.266. The molecule has 0 atom stereocenters. The van der Waals surface area contributed by atoms with Gasteiger partial charge in [-0.2, -0.15) is 5.10 Å². The maximum Gasteiger partial charge on any atom is 0.143 e. The molecule has 5 nitrogen and oxygen atoms in total. The lowest BCUT2D eigenvalue weighted by Gasteiger charge is -1.90. The van der Waals surface area contributed by atoms with E-state index in [4.69, 9.17) is 0 Å². The van der Waals surface area contributed by atoms with Crippen LogP contribution < -0.4 is 0 Å². The van der Waals surface area contributed by atoms with Gasteiger partial charge in [-0.15, -0.1) is 21.5 Å². The molecule has 0 radical (unpaired) electrons. The largest absolute Gasteiger partial charge is 0.506 e. The molecule has 1 aromatic carbocycles. The molecule has 6 heteroatoms. The lowest BCUT2D eigenvalue weighted by molar-refractivity contribution is 0.483. The van der Waals surface area contributed by atoms with Crippen molar-refractivity contribution in [1.29, 1.82) is 0 Å². The van der Waals surface area contributed by atoms with Crippen LogP contribution in [-0.2, 0) is 0 Å². The van der Waals surface area contributed by atoms with Gasteiger partial charge in [0.05, 0.1) is 11.1 Å². The van der Waals surface area contributed by atoms with Gasteiger partial charge in [-0.25, -0.2) is 4.68 Å². The zero-order chi connectivity index (χ0) is 11.7. The number of aromatic nitrogens is 3. The van der Waals surface area contributed by atoms with Gasteiger partial charge in [-0.3, -0.25) is 0 Å². The molecule has 2 aromatic heterocycles. The van der Waals surface area contributed by atoms with E-state index in [-0.39, 0.29) is 5.75 Å². The van der Waals surface area contributed by atoms with E-state index in [0.29, 0.717) is 0 Å². The average molecular weight is 244 g/mol. The van der Waals surface area contributed by atoms with Gasteiger partial charge >= 0.3 is 0 Å². The molecule has 0 fully saturated rings. The Balaban J connectivity index is 2.03. The lowest BCUT2D eigenvalue weighted by atomic mass is 10.2. The Morgan fingerprint density at radius 2 is 2.00 bits per heavy atom. The fraction of sp³-hybridized carbons (Fsp3) is 0. The normalized spacial score (nSPS) is 11.5. The van der Waals surface area contributed by atoms with Crippen molar-refractivity contribution >= 4 is 27.6 Å². The molecule has 0 saturated carbocycles. The van der Waals surface area contributed by atoms with Crippen LogP contribution in [0.3, 0.4) is 0 Å². The summed E-state index contributed by atoms with van der Waals surface area (Å²) >= 11 is 1.49. The minimum atomic E-state index is 0.266. The minimum Gasteiger partial charge on any atom is -0.506 e. The van der Waals surface area contributed by atoms with Crippen LogP contribution in [0.2, 0.25) is 0 Å². The monoisotopic (exact) mass is 244 g/mol. The Hall–Kier alpha value is -2.21. The van der Waals surface area contributed by atoms with Crippen molar-refractivity contribution in [1.82, 2.24) is 14.9 Å². The SMILES string of the molecule is Oc1c(C=Nn2cnnc2)sc2ccccc12. The summed E-state index contributed by atoms with van der Waals surface area (Å²) in [6, 6.07) is 7.70. The van der Waals surface area contributed by atoms with Crippen molar-refractivity contribution < 1.29 is 5.11 Å². The maximum absolute atomic E-state index is 10.00. The zero-order valence-corrected chi connectivity index (χ0v) is 9.50. The lowest BCUT2D eigenvalue weighted by Crippen LogP contribution is -1.84. The Kier molecular flexibility index (Phi) is 2.34. The van der Waals surface area contributed by atoms with E-state index >= 15 is 0 Å². The Bertz CT molecular complexity index is 672. The van der Waals surface area contributed by atoms with Crippen molar-refractivity contribution in [2.75, 3.05) is 0 Å². The average Bonchev–Trinajstić information content (AvgIpc) is 2.96. The van der Waals surface area contributed by atoms with E-state index in [1.807, 2.05) is 24.3 Å². The first-order chi connectivity index (χ1) is 8.34. The van der Waals surface area contributed by atoms with Gasteiger partial charge in [-0.05, 0) is 12.1 Å². The number of hydrogen-bond donors (Lipinski definition) is 1. The molecule has 1 N–H and O–H groups in total.